The molecule has 3 atom stereocenters. The highest BCUT2D eigenvalue weighted by Gasteiger charge is 2.42. The van der Waals surface area contributed by atoms with Gasteiger partial charge in [-0.05, 0) is 23.5 Å². The van der Waals surface area contributed by atoms with Crippen LogP contribution in [0.25, 0.3) is 6.08 Å². The molecule has 0 spiro atoms. The van der Waals surface area contributed by atoms with E-state index < -0.39 is 0 Å². The predicted octanol–water partition coefficient (Wildman–Crippen LogP) is 2.96. The Balaban J connectivity index is 2.09. The van der Waals surface area contributed by atoms with Crippen molar-refractivity contribution in [2.75, 3.05) is 0 Å². The largest absolute Gasteiger partial charge is 0.198 e. The van der Waals surface area contributed by atoms with E-state index in [9.17, 15) is 0 Å². The van der Waals surface area contributed by atoms with Crippen LogP contribution in [0.3, 0.4) is 0 Å². The Morgan fingerprint density at radius 3 is 3.00 bits per heavy atom. The highest BCUT2D eigenvalue weighted by Crippen LogP contribution is 2.51. The molecule has 1 aromatic rings. The second-order valence-electron chi connectivity index (χ2n) is 4.15. The molecule has 1 aromatic carbocycles. The molecule has 0 amide bonds. The Morgan fingerprint density at radius 1 is 1.29 bits per heavy atom. The third-order valence-electron chi connectivity index (χ3n) is 3.46. The van der Waals surface area contributed by atoms with Crippen molar-refractivity contribution in [2.24, 2.45) is 11.8 Å². The van der Waals surface area contributed by atoms with Crippen LogP contribution in [0.1, 0.15) is 23.5 Å². The zero-order valence-corrected chi connectivity index (χ0v) is 7.85. The normalized spacial score (nSPS) is 32.4. The standard InChI is InChI=1S/C13H11N/c14-8-11-7-10-6-5-9-3-1-2-4-12(9)13(10)11/h1-6,10-11,13H,7H2. The van der Waals surface area contributed by atoms with Crippen LogP contribution in [-0.2, 0) is 0 Å². The first-order valence-electron chi connectivity index (χ1n) is 5.07. The van der Waals surface area contributed by atoms with Crippen LogP contribution in [-0.4, -0.2) is 0 Å². The van der Waals surface area contributed by atoms with E-state index in [-0.39, 0.29) is 5.92 Å². The van der Waals surface area contributed by atoms with Crippen LogP contribution in [0, 0.1) is 23.2 Å². The van der Waals surface area contributed by atoms with E-state index in [1.807, 2.05) is 0 Å². The summed E-state index contributed by atoms with van der Waals surface area (Å²) in [6, 6.07) is 10.8. The summed E-state index contributed by atoms with van der Waals surface area (Å²) >= 11 is 0. The fourth-order valence-electron chi connectivity index (χ4n) is 2.66. The molecule has 3 unspecified atom stereocenters. The van der Waals surface area contributed by atoms with Crippen LogP contribution < -0.4 is 0 Å². The molecule has 1 heteroatoms. The lowest BCUT2D eigenvalue weighted by molar-refractivity contribution is 0.237. The van der Waals surface area contributed by atoms with E-state index in [1.165, 1.54) is 11.1 Å². The van der Waals surface area contributed by atoms with Gasteiger partial charge in [0.2, 0.25) is 0 Å². The number of nitrogens with zero attached hydrogens (tertiary/aromatic N) is 1. The lowest BCUT2D eigenvalue weighted by Gasteiger charge is -2.42. The maximum absolute atomic E-state index is 8.98. The SMILES string of the molecule is N#CC1CC2C=Cc3ccccc3C12. The first-order chi connectivity index (χ1) is 6.90. The Bertz CT molecular complexity index is 439. The Morgan fingerprint density at radius 2 is 2.14 bits per heavy atom. The van der Waals surface area contributed by atoms with E-state index >= 15 is 0 Å². The van der Waals surface area contributed by atoms with Gasteiger partial charge in [0, 0.05) is 5.92 Å². The molecule has 0 aromatic heterocycles. The number of fused-ring (bicyclic) bond motifs is 3. The molecule has 1 nitrogen and oxygen atoms in total. The van der Waals surface area contributed by atoms with Crippen LogP contribution in [0.15, 0.2) is 30.3 Å². The predicted molar refractivity (Wildman–Crippen MR) is 55.4 cm³/mol. The van der Waals surface area contributed by atoms with Gasteiger partial charge >= 0.3 is 0 Å². The van der Waals surface area contributed by atoms with Crippen molar-refractivity contribution in [2.45, 2.75) is 12.3 Å². The van der Waals surface area contributed by atoms with Crippen molar-refractivity contribution in [1.29, 1.82) is 5.26 Å². The molecular weight excluding hydrogens is 170 g/mol. The first-order valence-corrected chi connectivity index (χ1v) is 5.07. The molecule has 1 saturated carbocycles. The monoisotopic (exact) mass is 181 g/mol. The lowest BCUT2D eigenvalue weighted by atomic mass is 9.60. The van der Waals surface area contributed by atoms with E-state index in [4.69, 9.17) is 5.26 Å². The van der Waals surface area contributed by atoms with Crippen LogP contribution in [0.5, 0.6) is 0 Å². The van der Waals surface area contributed by atoms with Gasteiger partial charge in [-0.25, -0.2) is 0 Å². The summed E-state index contributed by atoms with van der Waals surface area (Å²) in [6.07, 6.45) is 5.51. The quantitative estimate of drug-likeness (QED) is 0.603. The fraction of sp³-hybridized carbons (Fsp3) is 0.308. The minimum absolute atomic E-state index is 0.242. The average Bonchev–Trinajstić information content (AvgIpc) is 2.18. The third kappa shape index (κ3) is 0.886. The van der Waals surface area contributed by atoms with Crippen molar-refractivity contribution >= 4 is 6.08 Å². The van der Waals surface area contributed by atoms with Gasteiger partial charge in [-0.2, -0.15) is 5.26 Å². The van der Waals surface area contributed by atoms with E-state index in [0.29, 0.717) is 11.8 Å². The second kappa shape index (κ2) is 2.72. The molecule has 0 aliphatic heterocycles. The van der Waals surface area contributed by atoms with Crippen LogP contribution in [0.4, 0.5) is 0 Å². The van der Waals surface area contributed by atoms with E-state index in [1.54, 1.807) is 0 Å². The van der Waals surface area contributed by atoms with Crippen molar-refractivity contribution in [1.82, 2.24) is 0 Å². The van der Waals surface area contributed by atoms with Crippen molar-refractivity contribution < 1.29 is 0 Å². The van der Waals surface area contributed by atoms with Gasteiger partial charge in [0.05, 0.1) is 12.0 Å². The molecule has 0 bridgehead atoms. The summed E-state index contributed by atoms with van der Waals surface area (Å²) < 4.78 is 0. The summed E-state index contributed by atoms with van der Waals surface area (Å²) in [4.78, 5) is 0. The molecular formula is C13H11N. The Hall–Kier alpha value is -1.55. The average molecular weight is 181 g/mol. The molecule has 14 heavy (non-hydrogen) atoms. The lowest BCUT2D eigenvalue weighted by Crippen LogP contribution is -2.34. The summed E-state index contributed by atoms with van der Waals surface area (Å²) in [5, 5.41) is 8.98. The smallest absolute Gasteiger partial charge is 0.0662 e. The Labute approximate surface area is 83.7 Å². The summed E-state index contributed by atoms with van der Waals surface area (Å²) in [5.41, 5.74) is 2.67. The molecule has 2 aliphatic rings. The summed E-state index contributed by atoms with van der Waals surface area (Å²) in [6.45, 7) is 0. The maximum Gasteiger partial charge on any atom is 0.0662 e. The number of benzene rings is 1. The highest BCUT2D eigenvalue weighted by atomic mass is 14.5. The fourth-order valence-corrected chi connectivity index (χ4v) is 2.66. The van der Waals surface area contributed by atoms with Gasteiger partial charge < -0.3 is 0 Å². The van der Waals surface area contributed by atoms with Crippen molar-refractivity contribution in [3.8, 4) is 6.07 Å². The molecule has 68 valence electrons. The van der Waals surface area contributed by atoms with E-state index in [2.05, 4.69) is 42.5 Å². The van der Waals surface area contributed by atoms with Crippen molar-refractivity contribution in [3.63, 3.8) is 0 Å². The van der Waals surface area contributed by atoms with Gasteiger partial charge in [0.25, 0.3) is 0 Å². The third-order valence-corrected chi connectivity index (χ3v) is 3.46. The van der Waals surface area contributed by atoms with Gasteiger partial charge in [-0.3, -0.25) is 0 Å². The van der Waals surface area contributed by atoms with Gasteiger partial charge in [0.1, 0.15) is 0 Å². The topological polar surface area (TPSA) is 23.8 Å². The summed E-state index contributed by atoms with van der Waals surface area (Å²) in [7, 11) is 0. The van der Waals surface area contributed by atoms with E-state index in [0.717, 1.165) is 6.42 Å². The van der Waals surface area contributed by atoms with Crippen molar-refractivity contribution in [3.05, 3.63) is 41.5 Å². The minimum Gasteiger partial charge on any atom is -0.198 e. The molecule has 0 saturated heterocycles. The molecule has 1 fully saturated rings. The summed E-state index contributed by atoms with van der Waals surface area (Å²) in [5.74, 6) is 1.34. The van der Waals surface area contributed by atoms with Crippen LogP contribution >= 0.6 is 0 Å². The zero-order chi connectivity index (χ0) is 9.54. The highest BCUT2D eigenvalue weighted by molar-refractivity contribution is 5.60. The molecule has 0 radical (unpaired) electrons. The van der Waals surface area contributed by atoms with Gasteiger partial charge in [0.15, 0.2) is 0 Å². The number of hydrogen-bond acceptors (Lipinski definition) is 1. The zero-order valence-electron chi connectivity index (χ0n) is 7.85. The number of rotatable bonds is 0. The first kappa shape index (κ1) is 7.82. The number of nitriles is 1. The maximum atomic E-state index is 8.98. The Kier molecular flexibility index (Phi) is 1.52. The number of hydrogen-bond donors (Lipinski definition) is 0. The second-order valence-corrected chi connectivity index (χ2v) is 4.15. The van der Waals surface area contributed by atoms with Gasteiger partial charge in [-0.15, -0.1) is 0 Å². The van der Waals surface area contributed by atoms with Gasteiger partial charge in [-0.1, -0.05) is 36.4 Å². The molecule has 2 aliphatic carbocycles. The minimum atomic E-state index is 0.242. The molecule has 0 N–H and O–H groups in total. The number of allylic oxidation sites excluding steroid dienone is 1. The van der Waals surface area contributed by atoms with Crippen LogP contribution in [0.2, 0.25) is 0 Å². The molecule has 3 rings (SSSR count). The molecule has 0 heterocycles.